The van der Waals surface area contributed by atoms with Gasteiger partial charge in [0.25, 0.3) is 5.91 Å². The SMILES string of the molecule is O=C1c2ccccc2[C@]23Cc4ccccc4[C@H](Sc4c(Br)cccc42)N13. The van der Waals surface area contributed by atoms with Crippen LogP contribution in [0.5, 0.6) is 0 Å². The molecule has 4 heteroatoms. The molecule has 3 aromatic rings. The van der Waals surface area contributed by atoms with Crippen molar-refractivity contribution in [3.63, 3.8) is 0 Å². The number of fused-ring (bicyclic) bond motifs is 4. The van der Waals surface area contributed by atoms with Crippen molar-refractivity contribution in [2.24, 2.45) is 0 Å². The van der Waals surface area contributed by atoms with Gasteiger partial charge in [-0.15, -0.1) is 0 Å². The van der Waals surface area contributed by atoms with Crippen LogP contribution in [-0.4, -0.2) is 10.8 Å². The second-order valence-corrected chi connectivity index (χ2v) is 8.99. The molecule has 3 aromatic carbocycles. The van der Waals surface area contributed by atoms with E-state index in [-0.39, 0.29) is 11.3 Å². The second-order valence-electron chi connectivity index (χ2n) is 7.04. The normalized spacial score (nSPS) is 24.6. The van der Waals surface area contributed by atoms with E-state index in [1.165, 1.54) is 21.6 Å². The summed E-state index contributed by atoms with van der Waals surface area (Å²) in [6.07, 6.45) is 0.826. The van der Waals surface area contributed by atoms with Crippen LogP contribution in [0, 0.1) is 0 Å². The first-order chi connectivity index (χ1) is 12.7. The van der Waals surface area contributed by atoms with Gasteiger partial charge >= 0.3 is 0 Å². The monoisotopic (exact) mass is 419 g/mol. The quantitative estimate of drug-likeness (QED) is 0.478. The topological polar surface area (TPSA) is 20.3 Å². The number of hydrogen-bond donors (Lipinski definition) is 0. The molecule has 126 valence electrons. The largest absolute Gasteiger partial charge is 0.308 e. The third-order valence-corrected chi connectivity index (χ3v) is 8.16. The standard InChI is InChI=1S/C22H14BrNOS/c23-18-11-5-10-17-19(18)26-21-14-7-2-1-6-13(14)12-22(17)16-9-4-3-8-15(16)20(25)24(21)22/h1-11,21H,12H2/t21-,22+/m0/s1. The summed E-state index contributed by atoms with van der Waals surface area (Å²) < 4.78 is 1.11. The molecule has 0 spiro atoms. The summed E-state index contributed by atoms with van der Waals surface area (Å²) in [4.78, 5) is 16.8. The molecule has 3 aliphatic rings. The smallest absolute Gasteiger partial charge is 0.256 e. The van der Waals surface area contributed by atoms with Gasteiger partial charge in [0, 0.05) is 21.4 Å². The fourth-order valence-electron chi connectivity index (χ4n) is 4.85. The Morgan fingerprint density at radius 1 is 0.962 bits per heavy atom. The third kappa shape index (κ3) is 1.63. The third-order valence-electron chi connectivity index (χ3n) is 5.88. The molecule has 0 unspecified atom stereocenters. The molecule has 0 radical (unpaired) electrons. The molecule has 26 heavy (non-hydrogen) atoms. The highest BCUT2D eigenvalue weighted by Gasteiger charge is 2.59. The number of rotatable bonds is 0. The van der Waals surface area contributed by atoms with Crippen LogP contribution in [0.15, 0.2) is 76.1 Å². The molecule has 2 atom stereocenters. The Kier molecular flexibility index (Phi) is 2.91. The van der Waals surface area contributed by atoms with Gasteiger partial charge in [-0.1, -0.05) is 66.4 Å². The molecule has 0 saturated carbocycles. The van der Waals surface area contributed by atoms with Crippen LogP contribution in [0.2, 0.25) is 0 Å². The van der Waals surface area contributed by atoms with E-state index in [9.17, 15) is 4.79 Å². The summed E-state index contributed by atoms with van der Waals surface area (Å²) in [5, 5.41) is 0.00560. The van der Waals surface area contributed by atoms with Gasteiger partial charge in [0.15, 0.2) is 0 Å². The summed E-state index contributed by atoms with van der Waals surface area (Å²) in [5.41, 5.74) is 5.42. The zero-order valence-corrected chi connectivity index (χ0v) is 16.2. The Morgan fingerprint density at radius 3 is 2.65 bits per heavy atom. The first-order valence-electron chi connectivity index (χ1n) is 8.68. The van der Waals surface area contributed by atoms with Gasteiger partial charge in [-0.2, -0.15) is 0 Å². The van der Waals surface area contributed by atoms with Crippen molar-refractivity contribution in [2.45, 2.75) is 22.2 Å². The van der Waals surface area contributed by atoms with Gasteiger partial charge in [-0.25, -0.2) is 0 Å². The molecule has 2 nitrogen and oxygen atoms in total. The number of thioether (sulfide) groups is 1. The summed E-state index contributed by atoms with van der Waals surface area (Å²) in [7, 11) is 0. The number of nitrogens with zero attached hydrogens (tertiary/aromatic N) is 1. The van der Waals surface area contributed by atoms with Crippen LogP contribution < -0.4 is 0 Å². The van der Waals surface area contributed by atoms with Crippen molar-refractivity contribution in [2.75, 3.05) is 0 Å². The van der Waals surface area contributed by atoms with Gasteiger partial charge in [0.2, 0.25) is 0 Å². The maximum atomic E-state index is 13.4. The van der Waals surface area contributed by atoms with Crippen molar-refractivity contribution in [3.05, 3.63) is 99.0 Å². The number of carbonyl (C=O) groups excluding carboxylic acids is 1. The molecule has 1 amide bonds. The Bertz CT molecular complexity index is 1110. The van der Waals surface area contributed by atoms with E-state index in [4.69, 9.17) is 0 Å². The van der Waals surface area contributed by atoms with E-state index >= 15 is 0 Å². The van der Waals surface area contributed by atoms with Crippen LogP contribution in [-0.2, 0) is 12.0 Å². The van der Waals surface area contributed by atoms with E-state index in [1.807, 2.05) is 12.1 Å². The molecule has 3 aliphatic heterocycles. The maximum Gasteiger partial charge on any atom is 0.256 e. The molecule has 0 aliphatic carbocycles. The zero-order chi connectivity index (χ0) is 17.5. The van der Waals surface area contributed by atoms with Gasteiger partial charge in [-0.05, 0) is 50.3 Å². The van der Waals surface area contributed by atoms with Crippen molar-refractivity contribution in [3.8, 4) is 0 Å². The van der Waals surface area contributed by atoms with Crippen molar-refractivity contribution >= 4 is 33.6 Å². The Morgan fingerprint density at radius 2 is 1.73 bits per heavy atom. The van der Waals surface area contributed by atoms with E-state index < -0.39 is 5.54 Å². The predicted octanol–water partition coefficient (Wildman–Crippen LogP) is 5.51. The first-order valence-corrected chi connectivity index (χ1v) is 10.4. The van der Waals surface area contributed by atoms with Crippen LogP contribution in [0.25, 0.3) is 0 Å². The summed E-state index contributed by atoms with van der Waals surface area (Å²) in [5.74, 6) is 0.151. The molecular formula is C22H14BrNOS. The van der Waals surface area contributed by atoms with Crippen LogP contribution >= 0.6 is 27.7 Å². The summed E-state index contributed by atoms with van der Waals surface area (Å²) in [6.45, 7) is 0. The Hall–Kier alpha value is -2.04. The minimum atomic E-state index is -0.406. The summed E-state index contributed by atoms with van der Waals surface area (Å²) >= 11 is 5.54. The van der Waals surface area contributed by atoms with Crippen molar-refractivity contribution < 1.29 is 4.79 Å². The lowest BCUT2D eigenvalue weighted by Crippen LogP contribution is -2.52. The molecule has 0 saturated heterocycles. The minimum absolute atomic E-state index is 0.00560. The lowest BCUT2D eigenvalue weighted by molar-refractivity contribution is 0.0538. The number of benzene rings is 3. The van der Waals surface area contributed by atoms with E-state index in [0.29, 0.717) is 0 Å². The minimum Gasteiger partial charge on any atom is -0.308 e. The maximum absolute atomic E-state index is 13.4. The second kappa shape index (κ2) is 5.02. The van der Waals surface area contributed by atoms with Gasteiger partial charge in [0.1, 0.15) is 10.9 Å². The highest BCUT2D eigenvalue weighted by molar-refractivity contribution is 9.10. The number of amides is 1. The van der Waals surface area contributed by atoms with E-state index in [0.717, 1.165) is 22.0 Å². The molecule has 3 heterocycles. The average molecular weight is 420 g/mol. The predicted molar refractivity (Wildman–Crippen MR) is 106 cm³/mol. The van der Waals surface area contributed by atoms with Crippen LogP contribution in [0.1, 0.15) is 38.0 Å². The molecule has 6 rings (SSSR count). The molecule has 0 aromatic heterocycles. The first kappa shape index (κ1) is 15.1. The summed E-state index contributed by atoms with van der Waals surface area (Å²) in [6, 6.07) is 23.1. The Labute approximate surface area is 164 Å². The van der Waals surface area contributed by atoms with Crippen LogP contribution in [0.4, 0.5) is 0 Å². The zero-order valence-electron chi connectivity index (χ0n) is 13.8. The molecule has 0 N–H and O–H groups in total. The van der Waals surface area contributed by atoms with Gasteiger partial charge in [-0.3, -0.25) is 4.79 Å². The number of carbonyl (C=O) groups is 1. The average Bonchev–Trinajstić information content (AvgIpc) is 2.93. The number of halogens is 1. The fourth-order valence-corrected chi connectivity index (χ4v) is 7.01. The van der Waals surface area contributed by atoms with E-state index in [2.05, 4.69) is 75.4 Å². The molecular weight excluding hydrogens is 406 g/mol. The number of hydrogen-bond acceptors (Lipinski definition) is 2. The van der Waals surface area contributed by atoms with Gasteiger partial charge < -0.3 is 4.90 Å². The van der Waals surface area contributed by atoms with Crippen LogP contribution in [0.3, 0.4) is 0 Å². The Balaban J connectivity index is 1.77. The van der Waals surface area contributed by atoms with Crippen molar-refractivity contribution in [1.29, 1.82) is 0 Å². The highest BCUT2D eigenvalue weighted by atomic mass is 79.9. The fraction of sp³-hybridized carbons (Fsp3) is 0.136. The highest BCUT2D eigenvalue weighted by Crippen LogP contribution is 2.63. The lowest BCUT2D eigenvalue weighted by Gasteiger charge is -2.52. The van der Waals surface area contributed by atoms with E-state index in [1.54, 1.807) is 11.8 Å². The molecule has 2 bridgehead atoms. The molecule has 0 fully saturated rings. The lowest BCUT2D eigenvalue weighted by atomic mass is 9.74. The van der Waals surface area contributed by atoms with Crippen molar-refractivity contribution in [1.82, 2.24) is 4.90 Å². The van der Waals surface area contributed by atoms with Gasteiger partial charge in [0.05, 0.1) is 0 Å².